The Labute approximate surface area is 87.7 Å². The minimum Gasteiger partial charge on any atom is -0.103 e. The van der Waals surface area contributed by atoms with Crippen molar-refractivity contribution in [3.63, 3.8) is 0 Å². The maximum Gasteiger partial charge on any atom is -0.0100 e. The molecule has 0 aliphatic carbocycles. The summed E-state index contributed by atoms with van der Waals surface area (Å²) in [5, 5.41) is 0. The summed E-state index contributed by atoms with van der Waals surface area (Å²) in [5.41, 5.74) is 2.82. The molecule has 0 nitrogen and oxygen atoms in total. The van der Waals surface area contributed by atoms with E-state index in [9.17, 15) is 0 Å². The molecule has 0 heteroatoms. The van der Waals surface area contributed by atoms with E-state index >= 15 is 0 Å². The summed E-state index contributed by atoms with van der Waals surface area (Å²) in [7, 11) is 0. The van der Waals surface area contributed by atoms with Crippen LogP contribution >= 0.6 is 0 Å². The number of hydrogen-bond acceptors (Lipinski definition) is 0. The van der Waals surface area contributed by atoms with Crippen LogP contribution < -0.4 is 0 Å². The Kier molecular flexibility index (Phi) is 5.06. The third-order valence-corrected chi connectivity index (χ3v) is 2.47. The zero-order valence-corrected chi connectivity index (χ0v) is 9.13. The first kappa shape index (κ1) is 11.0. The van der Waals surface area contributed by atoms with E-state index in [1.54, 1.807) is 0 Å². The molecule has 0 unspecified atom stereocenters. The van der Waals surface area contributed by atoms with Gasteiger partial charge in [0.1, 0.15) is 0 Å². The predicted molar refractivity (Wildman–Crippen MR) is 63.6 cm³/mol. The number of benzene rings is 1. The summed E-state index contributed by atoms with van der Waals surface area (Å²) < 4.78 is 0. The molecule has 0 aliphatic heterocycles. The quantitative estimate of drug-likeness (QED) is 0.465. The van der Waals surface area contributed by atoms with Gasteiger partial charge in [-0.3, -0.25) is 0 Å². The summed E-state index contributed by atoms with van der Waals surface area (Å²) in [6, 6.07) is 8.91. The van der Waals surface area contributed by atoms with E-state index in [0.717, 1.165) is 6.42 Å². The Morgan fingerprint density at radius 3 is 2.29 bits per heavy atom. The van der Waals surface area contributed by atoms with Crippen molar-refractivity contribution < 1.29 is 0 Å². The van der Waals surface area contributed by atoms with Crippen molar-refractivity contribution in [1.82, 2.24) is 0 Å². The molecule has 0 atom stereocenters. The van der Waals surface area contributed by atoms with Gasteiger partial charge in [0.2, 0.25) is 0 Å². The molecule has 76 valence electrons. The van der Waals surface area contributed by atoms with Gasteiger partial charge in [0.05, 0.1) is 0 Å². The lowest BCUT2D eigenvalue weighted by atomic mass is 10.0. The molecule has 0 radical (unpaired) electrons. The average Bonchev–Trinajstić information content (AvgIpc) is 2.21. The van der Waals surface area contributed by atoms with Crippen molar-refractivity contribution in [1.29, 1.82) is 0 Å². The highest BCUT2D eigenvalue weighted by atomic mass is 14.0. The molecule has 0 heterocycles. The highest BCUT2D eigenvalue weighted by Crippen LogP contribution is 2.09. The maximum atomic E-state index is 3.74. The van der Waals surface area contributed by atoms with Crippen molar-refractivity contribution in [3.8, 4) is 0 Å². The van der Waals surface area contributed by atoms with Crippen LogP contribution in [0.4, 0.5) is 0 Å². The highest BCUT2D eigenvalue weighted by molar-refractivity contribution is 5.23. The molecular formula is C14H20. The predicted octanol–water partition coefficient (Wildman–Crippen LogP) is 4.15. The van der Waals surface area contributed by atoms with Crippen molar-refractivity contribution >= 4 is 0 Å². The molecule has 0 fully saturated rings. The van der Waals surface area contributed by atoms with Gasteiger partial charge in [-0.05, 0) is 30.4 Å². The van der Waals surface area contributed by atoms with Gasteiger partial charge in [0, 0.05) is 0 Å². The van der Waals surface area contributed by atoms with Crippen molar-refractivity contribution in [3.05, 3.63) is 48.0 Å². The molecule has 0 spiro atoms. The Bertz CT molecular complexity index is 256. The van der Waals surface area contributed by atoms with E-state index in [1.165, 1.54) is 36.8 Å². The first-order valence-corrected chi connectivity index (χ1v) is 5.55. The van der Waals surface area contributed by atoms with Crippen molar-refractivity contribution in [2.75, 3.05) is 0 Å². The molecule has 0 saturated carbocycles. The third kappa shape index (κ3) is 3.78. The fraction of sp³-hybridized carbons (Fsp3) is 0.429. The number of allylic oxidation sites excluding steroid dienone is 1. The van der Waals surface area contributed by atoms with Gasteiger partial charge in [-0.15, -0.1) is 6.58 Å². The van der Waals surface area contributed by atoms with Gasteiger partial charge in [0.25, 0.3) is 0 Å². The summed E-state index contributed by atoms with van der Waals surface area (Å²) in [6.07, 6.45) is 8.11. The van der Waals surface area contributed by atoms with Crippen LogP contribution in [0.5, 0.6) is 0 Å². The second kappa shape index (κ2) is 6.42. The smallest absolute Gasteiger partial charge is 0.0100 e. The molecule has 0 bridgehead atoms. The zero-order valence-electron chi connectivity index (χ0n) is 9.13. The Morgan fingerprint density at radius 1 is 1.07 bits per heavy atom. The number of hydrogen-bond donors (Lipinski definition) is 0. The lowest BCUT2D eigenvalue weighted by molar-refractivity contribution is 0.717. The van der Waals surface area contributed by atoms with Crippen LogP contribution in [0.25, 0.3) is 0 Å². The Hall–Kier alpha value is -1.04. The summed E-state index contributed by atoms with van der Waals surface area (Å²) in [6.45, 7) is 5.98. The molecule has 0 amide bonds. The molecule has 0 aromatic heterocycles. The van der Waals surface area contributed by atoms with E-state index in [-0.39, 0.29) is 0 Å². The standard InChI is InChI=1S/C14H20/c1-3-5-6-8-14-11-9-13(7-4-2)10-12-14/h4,9-12H,2-3,5-8H2,1H3. The minimum atomic E-state index is 0.981. The highest BCUT2D eigenvalue weighted by Gasteiger charge is 1.93. The van der Waals surface area contributed by atoms with Gasteiger partial charge in [-0.1, -0.05) is 50.1 Å². The number of rotatable bonds is 6. The van der Waals surface area contributed by atoms with Crippen molar-refractivity contribution in [2.24, 2.45) is 0 Å². The average molecular weight is 188 g/mol. The van der Waals surface area contributed by atoms with Crippen LogP contribution in [0.2, 0.25) is 0 Å². The van der Waals surface area contributed by atoms with Gasteiger partial charge in [-0.2, -0.15) is 0 Å². The lowest BCUT2D eigenvalue weighted by Crippen LogP contribution is -1.87. The van der Waals surface area contributed by atoms with E-state index in [1.807, 2.05) is 6.08 Å². The Morgan fingerprint density at radius 2 is 1.71 bits per heavy atom. The van der Waals surface area contributed by atoms with Crippen LogP contribution in [0.15, 0.2) is 36.9 Å². The molecule has 1 rings (SSSR count). The second-order valence-electron chi connectivity index (χ2n) is 3.77. The van der Waals surface area contributed by atoms with E-state index in [4.69, 9.17) is 0 Å². The van der Waals surface area contributed by atoms with Crippen LogP contribution in [-0.4, -0.2) is 0 Å². The number of aryl methyl sites for hydroxylation is 1. The monoisotopic (exact) mass is 188 g/mol. The molecule has 0 saturated heterocycles. The normalized spacial score (nSPS) is 10.1. The fourth-order valence-electron chi connectivity index (χ4n) is 1.59. The summed E-state index contributed by atoms with van der Waals surface area (Å²) in [4.78, 5) is 0. The SMILES string of the molecule is C=CCc1ccc(CCCCC)cc1. The largest absolute Gasteiger partial charge is 0.103 e. The third-order valence-electron chi connectivity index (χ3n) is 2.47. The number of unbranched alkanes of at least 4 members (excludes halogenated alkanes) is 2. The van der Waals surface area contributed by atoms with Crippen molar-refractivity contribution in [2.45, 2.75) is 39.0 Å². The lowest BCUT2D eigenvalue weighted by Gasteiger charge is -2.02. The molecule has 0 aliphatic rings. The molecule has 0 N–H and O–H groups in total. The molecule has 1 aromatic rings. The van der Waals surface area contributed by atoms with Crippen LogP contribution in [0.1, 0.15) is 37.3 Å². The van der Waals surface area contributed by atoms with Gasteiger partial charge in [0.15, 0.2) is 0 Å². The minimum absolute atomic E-state index is 0.981. The first-order valence-electron chi connectivity index (χ1n) is 5.55. The second-order valence-corrected chi connectivity index (χ2v) is 3.77. The summed E-state index contributed by atoms with van der Waals surface area (Å²) >= 11 is 0. The van der Waals surface area contributed by atoms with E-state index < -0.39 is 0 Å². The maximum absolute atomic E-state index is 3.74. The fourth-order valence-corrected chi connectivity index (χ4v) is 1.59. The first-order chi connectivity index (χ1) is 6.86. The summed E-state index contributed by atoms with van der Waals surface area (Å²) in [5.74, 6) is 0. The van der Waals surface area contributed by atoms with Gasteiger partial charge < -0.3 is 0 Å². The molecule has 14 heavy (non-hydrogen) atoms. The zero-order chi connectivity index (χ0) is 10.2. The van der Waals surface area contributed by atoms with Crippen LogP contribution in [0.3, 0.4) is 0 Å². The topological polar surface area (TPSA) is 0 Å². The van der Waals surface area contributed by atoms with Gasteiger partial charge >= 0.3 is 0 Å². The molecule has 1 aromatic carbocycles. The Balaban J connectivity index is 2.42. The molecular weight excluding hydrogens is 168 g/mol. The van der Waals surface area contributed by atoms with Crippen LogP contribution in [0, 0.1) is 0 Å². The van der Waals surface area contributed by atoms with Gasteiger partial charge in [-0.25, -0.2) is 0 Å². The van der Waals surface area contributed by atoms with E-state index in [0.29, 0.717) is 0 Å². The van der Waals surface area contributed by atoms with Crippen LogP contribution in [-0.2, 0) is 12.8 Å². The van der Waals surface area contributed by atoms with E-state index in [2.05, 4.69) is 37.8 Å².